The van der Waals surface area contributed by atoms with Crippen LogP contribution in [0.3, 0.4) is 0 Å². The van der Waals surface area contributed by atoms with E-state index in [0.29, 0.717) is 27.9 Å². The predicted octanol–water partition coefficient (Wildman–Crippen LogP) is 4.59. The summed E-state index contributed by atoms with van der Waals surface area (Å²) in [6.45, 7) is 0. The number of carbonyl (C=O) groups excluding carboxylic acids is 2. The first-order valence-electron chi connectivity index (χ1n) is 9.65. The summed E-state index contributed by atoms with van der Waals surface area (Å²) in [4.78, 5) is 29.5. The Bertz CT molecular complexity index is 1230. The highest BCUT2D eigenvalue weighted by Crippen LogP contribution is 2.21. The van der Waals surface area contributed by atoms with Crippen molar-refractivity contribution in [1.82, 2.24) is 15.2 Å². The van der Waals surface area contributed by atoms with Crippen LogP contribution in [0.1, 0.15) is 10.4 Å². The smallest absolute Gasteiger partial charge is 0.257 e. The number of nitrogens with zero attached hydrogens (tertiary/aromatic N) is 2. The minimum absolute atomic E-state index is 0.0694. The predicted molar refractivity (Wildman–Crippen MR) is 122 cm³/mol. The van der Waals surface area contributed by atoms with Crippen LogP contribution in [0.25, 0.3) is 11.4 Å². The minimum atomic E-state index is -0.415. The van der Waals surface area contributed by atoms with Crippen molar-refractivity contribution >= 4 is 35.0 Å². The number of benzene rings is 3. The molecule has 0 saturated heterocycles. The van der Waals surface area contributed by atoms with Gasteiger partial charge in [0.2, 0.25) is 11.1 Å². The maximum absolute atomic E-state index is 13.1. The lowest BCUT2D eigenvalue weighted by atomic mass is 10.1. The third kappa shape index (κ3) is 5.38. The average molecular weight is 447 g/mol. The number of amides is 2. The van der Waals surface area contributed by atoms with Gasteiger partial charge in [0.05, 0.1) is 17.0 Å². The Hall–Kier alpha value is -3.98. The van der Waals surface area contributed by atoms with Crippen LogP contribution in [0.4, 0.5) is 15.8 Å². The molecule has 32 heavy (non-hydrogen) atoms. The molecule has 1 aromatic heterocycles. The molecule has 0 radical (unpaired) electrons. The Morgan fingerprint density at radius 1 is 0.906 bits per heavy atom. The van der Waals surface area contributed by atoms with Gasteiger partial charge >= 0.3 is 0 Å². The van der Waals surface area contributed by atoms with E-state index < -0.39 is 11.7 Å². The van der Waals surface area contributed by atoms with Crippen molar-refractivity contribution in [2.75, 3.05) is 16.4 Å². The number of thioether (sulfide) groups is 1. The molecular formula is C23H18FN5O2S. The van der Waals surface area contributed by atoms with E-state index in [-0.39, 0.29) is 11.7 Å². The standard InChI is InChI=1S/C23H18FN5O2S/c24-16-10-12-17(13-11-16)25-22(31)18-8-4-5-9-19(18)26-20(30)14-32-23-27-21(28-29-23)15-6-2-1-3-7-15/h1-13H,14H2,(H,25,31)(H,26,30)(H,27,28,29). The number of halogens is 1. The largest absolute Gasteiger partial charge is 0.325 e. The van der Waals surface area contributed by atoms with Crippen LogP contribution in [0.5, 0.6) is 0 Å². The van der Waals surface area contributed by atoms with Gasteiger partial charge < -0.3 is 10.6 Å². The van der Waals surface area contributed by atoms with Gasteiger partial charge in [-0.15, -0.1) is 5.10 Å². The van der Waals surface area contributed by atoms with Crippen molar-refractivity contribution in [3.8, 4) is 11.4 Å². The summed E-state index contributed by atoms with van der Waals surface area (Å²) in [6.07, 6.45) is 0. The van der Waals surface area contributed by atoms with Gasteiger partial charge in [0, 0.05) is 11.3 Å². The molecule has 9 heteroatoms. The second kappa shape index (κ2) is 9.88. The number of hydrogen-bond acceptors (Lipinski definition) is 5. The molecule has 0 aliphatic rings. The zero-order valence-electron chi connectivity index (χ0n) is 16.7. The van der Waals surface area contributed by atoms with Crippen molar-refractivity contribution in [2.24, 2.45) is 0 Å². The first-order valence-corrected chi connectivity index (χ1v) is 10.6. The molecule has 0 saturated carbocycles. The van der Waals surface area contributed by atoms with E-state index in [9.17, 15) is 14.0 Å². The Morgan fingerprint density at radius 2 is 1.62 bits per heavy atom. The maximum Gasteiger partial charge on any atom is 0.257 e. The van der Waals surface area contributed by atoms with E-state index in [0.717, 1.165) is 5.56 Å². The molecule has 4 rings (SSSR count). The quantitative estimate of drug-likeness (QED) is 0.360. The number of carbonyl (C=O) groups is 2. The van der Waals surface area contributed by atoms with Crippen LogP contribution >= 0.6 is 11.8 Å². The molecule has 7 nitrogen and oxygen atoms in total. The molecule has 0 spiro atoms. The molecule has 0 atom stereocenters. The van der Waals surface area contributed by atoms with Crippen LogP contribution in [-0.2, 0) is 4.79 Å². The number of nitrogens with one attached hydrogen (secondary N) is 3. The monoisotopic (exact) mass is 447 g/mol. The second-order valence-corrected chi connectivity index (χ2v) is 7.62. The van der Waals surface area contributed by atoms with Gasteiger partial charge in [-0.2, -0.15) is 0 Å². The van der Waals surface area contributed by atoms with E-state index >= 15 is 0 Å². The lowest BCUT2D eigenvalue weighted by Crippen LogP contribution is -2.19. The highest BCUT2D eigenvalue weighted by molar-refractivity contribution is 7.99. The molecule has 160 valence electrons. The number of para-hydroxylation sites is 1. The summed E-state index contributed by atoms with van der Waals surface area (Å²) in [7, 11) is 0. The molecule has 2 amide bonds. The summed E-state index contributed by atoms with van der Waals surface area (Å²) >= 11 is 1.18. The van der Waals surface area contributed by atoms with Crippen LogP contribution in [0.2, 0.25) is 0 Å². The Kier molecular flexibility index (Phi) is 6.57. The fourth-order valence-electron chi connectivity index (χ4n) is 2.87. The molecule has 0 fully saturated rings. The lowest BCUT2D eigenvalue weighted by Gasteiger charge is -2.11. The molecule has 3 N–H and O–H groups in total. The van der Waals surface area contributed by atoms with E-state index in [1.54, 1.807) is 24.3 Å². The number of aromatic nitrogens is 3. The zero-order chi connectivity index (χ0) is 22.3. The van der Waals surface area contributed by atoms with Crippen molar-refractivity contribution < 1.29 is 14.0 Å². The number of hydrogen-bond donors (Lipinski definition) is 3. The van der Waals surface area contributed by atoms with E-state index in [2.05, 4.69) is 25.8 Å². The maximum atomic E-state index is 13.1. The normalized spacial score (nSPS) is 10.5. The van der Waals surface area contributed by atoms with Crippen molar-refractivity contribution in [3.63, 3.8) is 0 Å². The second-order valence-electron chi connectivity index (χ2n) is 6.68. The minimum Gasteiger partial charge on any atom is -0.325 e. The summed E-state index contributed by atoms with van der Waals surface area (Å²) in [5, 5.41) is 12.9. The summed E-state index contributed by atoms with van der Waals surface area (Å²) in [5.74, 6) is -0.420. The summed E-state index contributed by atoms with van der Waals surface area (Å²) < 4.78 is 13.1. The highest BCUT2D eigenvalue weighted by Gasteiger charge is 2.15. The average Bonchev–Trinajstić information content (AvgIpc) is 3.29. The SMILES string of the molecule is O=C(CSc1n[nH]c(-c2ccccc2)n1)Nc1ccccc1C(=O)Nc1ccc(F)cc1. The lowest BCUT2D eigenvalue weighted by molar-refractivity contribution is -0.113. The van der Waals surface area contributed by atoms with E-state index in [1.165, 1.54) is 36.0 Å². The van der Waals surface area contributed by atoms with Crippen LogP contribution in [0.15, 0.2) is 84.0 Å². The van der Waals surface area contributed by atoms with Crippen LogP contribution in [-0.4, -0.2) is 32.7 Å². The van der Waals surface area contributed by atoms with Gasteiger partial charge in [-0.05, 0) is 36.4 Å². The molecule has 3 aromatic carbocycles. The summed E-state index contributed by atoms with van der Waals surface area (Å²) in [6, 6.07) is 21.6. The number of H-pyrrole nitrogens is 1. The van der Waals surface area contributed by atoms with Crippen molar-refractivity contribution in [1.29, 1.82) is 0 Å². The fraction of sp³-hybridized carbons (Fsp3) is 0.0435. The fourth-order valence-corrected chi connectivity index (χ4v) is 3.47. The molecule has 0 unspecified atom stereocenters. The third-order valence-electron chi connectivity index (χ3n) is 4.39. The molecule has 0 bridgehead atoms. The number of aromatic amines is 1. The van der Waals surface area contributed by atoms with Gasteiger partial charge in [0.1, 0.15) is 5.82 Å². The number of rotatable bonds is 7. The third-order valence-corrected chi connectivity index (χ3v) is 5.24. The summed E-state index contributed by atoms with van der Waals surface area (Å²) in [5.41, 5.74) is 2.02. The Labute approximate surface area is 187 Å². The van der Waals surface area contributed by atoms with E-state index in [4.69, 9.17) is 0 Å². The van der Waals surface area contributed by atoms with Crippen LogP contribution < -0.4 is 10.6 Å². The molecule has 0 aliphatic carbocycles. The van der Waals surface area contributed by atoms with Crippen molar-refractivity contribution in [2.45, 2.75) is 5.16 Å². The van der Waals surface area contributed by atoms with Gasteiger partial charge in [-0.25, -0.2) is 9.37 Å². The van der Waals surface area contributed by atoms with Gasteiger partial charge in [0.25, 0.3) is 5.91 Å². The first kappa shape index (κ1) is 21.3. The molecule has 1 heterocycles. The van der Waals surface area contributed by atoms with Gasteiger partial charge in [-0.1, -0.05) is 54.2 Å². The molecule has 4 aromatic rings. The Morgan fingerprint density at radius 3 is 2.41 bits per heavy atom. The van der Waals surface area contributed by atoms with Crippen LogP contribution in [0, 0.1) is 5.82 Å². The van der Waals surface area contributed by atoms with E-state index in [1.807, 2.05) is 30.3 Å². The van der Waals surface area contributed by atoms with Gasteiger partial charge in [0.15, 0.2) is 5.82 Å². The molecular weight excluding hydrogens is 429 g/mol. The van der Waals surface area contributed by atoms with Crippen molar-refractivity contribution in [3.05, 3.63) is 90.2 Å². The Balaban J connectivity index is 1.37. The number of anilines is 2. The topological polar surface area (TPSA) is 99.8 Å². The highest BCUT2D eigenvalue weighted by atomic mass is 32.2. The van der Waals surface area contributed by atoms with Gasteiger partial charge in [-0.3, -0.25) is 14.7 Å². The zero-order valence-corrected chi connectivity index (χ0v) is 17.5. The first-order chi connectivity index (χ1) is 15.6. The molecule has 0 aliphatic heterocycles.